The van der Waals surface area contributed by atoms with Crippen molar-refractivity contribution in [3.8, 4) is 17.1 Å². The first-order chi connectivity index (χ1) is 13.9. The van der Waals surface area contributed by atoms with E-state index in [2.05, 4.69) is 24.0 Å². The van der Waals surface area contributed by atoms with Gasteiger partial charge in [0.2, 0.25) is 0 Å². The number of nitrogens with zero attached hydrogens (tertiary/aromatic N) is 3. The van der Waals surface area contributed by atoms with Gasteiger partial charge in [0.05, 0.1) is 18.4 Å². The second-order valence-corrected chi connectivity index (χ2v) is 7.82. The van der Waals surface area contributed by atoms with Gasteiger partial charge in [0, 0.05) is 12.1 Å². The number of hydrogen-bond acceptors (Lipinski definition) is 5. The van der Waals surface area contributed by atoms with E-state index in [1.54, 1.807) is 7.11 Å². The number of methoxy groups -OCH3 is 1. The third-order valence-electron chi connectivity index (χ3n) is 4.17. The Kier molecular flexibility index (Phi) is 6.64. The zero-order valence-corrected chi connectivity index (χ0v) is 17.2. The van der Waals surface area contributed by atoms with Crippen molar-refractivity contribution in [3.05, 3.63) is 59.7 Å². The summed E-state index contributed by atoms with van der Waals surface area (Å²) in [5.74, 6) is -0.228. The summed E-state index contributed by atoms with van der Waals surface area (Å²) >= 11 is 1.16. The molecule has 3 rings (SSSR count). The van der Waals surface area contributed by atoms with E-state index in [-0.39, 0.29) is 11.3 Å². The van der Waals surface area contributed by atoms with Crippen molar-refractivity contribution in [1.29, 1.82) is 0 Å². The van der Waals surface area contributed by atoms with Crippen LogP contribution in [-0.4, -0.2) is 33.4 Å². The van der Waals surface area contributed by atoms with Crippen molar-refractivity contribution in [1.82, 2.24) is 14.8 Å². The van der Waals surface area contributed by atoms with Crippen molar-refractivity contribution in [2.45, 2.75) is 25.5 Å². The van der Waals surface area contributed by atoms with Crippen LogP contribution in [0.1, 0.15) is 24.2 Å². The Hall–Kier alpha value is -2.74. The van der Waals surface area contributed by atoms with E-state index in [1.165, 1.54) is 0 Å². The van der Waals surface area contributed by atoms with E-state index in [9.17, 15) is 13.6 Å². The molecule has 8 heteroatoms. The highest BCUT2D eigenvalue weighted by Crippen LogP contribution is 2.27. The van der Waals surface area contributed by atoms with Gasteiger partial charge in [-0.25, -0.2) is 8.78 Å². The van der Waals surface area contributed by atoms with Gasteiger partial charge in [-0.15, -0.1) is 10.2 Å². The van der Waals surface area contributed by atoms with Crippen LogP contribution < -0.4 is 4.74 Å². The summed E-state index contributed by atoms with van der Waals surface area (Å²) in [5, 5.41) is 9.05. The quantitative estimate of drug-likeness (QED) is 0.387. The molecule has 0 amide bonds. The standard InChI is InChI=1S/C21H21F2N3O2S/c1-13(2)11-26-20(14-4-7-16(28-3)8-5-14)24-25-21(26)29-12-19(27)17-10-15(22)6-9-18(17)23/h4-10,13H,11-12H2,1-3H3. The van der Waals surface area contributed by atoms with E-state index in [4.69, 9.17) is 4.74 Å². The molecule has 0 N–H and O–H groups in total. The Balaban J connectivity index is 1.84. The SMILES string of the molecule is COc1ccc(-c2nnc(SCC(=O)c3cc(F)ccc3F)n2CC(C)C)cc1. The average molecular weight is 417 g/mol. The second kappa shape index (κ2) is 9.17. The molecule has 29 heavy (non-hydrogen) atoms. The summed E-state index contributed by atoms with van der Waals surface area (Å²) in [5.41, 5.74) is 0.608. The molecule has 0 aliphatic rings. The first kappa shape index (κ1) is 21.0. The first-order valence-corrected chi connectivity index (χ1v) is 10.1. The largest absolute Gasteiger partial charge is 0.497 e. The zero-order valence-electron chi connectivity index (χ0n) is 16.4. The number of ether oxygens (including phenoxy) is 1. The van der Waals surface area contributed by atoms with Gasteiger partial charge in [-0.1, -0.05) is 25.6 Å². The maximum absolute atomic E-state index is 13.8. The van der Waals surface area contributed by atoms with Crippen LogP contribution in [0, 0.1) is 17.6 Å². The lowest BCUT2D eigenvalue weighted by atomic mass is 10.1. The minimum atomic E-state index is -0.737. The summed E-state index contributed by atoms with van der Waals surface area (Å²) in [4.78, 5) is 12.4. The van der Waals surface area contributed by atoms with Crippen LogP contribution in [0.25, 0.3) is 11.4 Å². The number of Topliss-reactive ketones (excluding diaryl/α,β-unsaturated/α-hetero) is 1. The van der Waals surface area contributed by atoms with Gasteiger partial charge < -0.3 is 9.30 Å². The van der Waals surface area contributed by atoms with E-state index in [0.29, 0.717) is 23.4 Å². The minimum absolute atomic E-state index is 0.0702. The molecule has 0 atom stereocenters. The lowest BCUT2D eigenvalue weighted by Crippen LogP contribution is -2.10. The van der Waals surface area contributed by atoms with Crippen molar-refractivity contribution >= 4 is 17.5 Å². The van der Waals surface area contributed by atoms with Crippen molar-refractivity contribution < 1.29 is 18.3 Å². The third-order valence-corrected chi connectivity index (χ3v) is 5.14. The Morgan fingerprint density at radius 1 is 1.14 bits per heavy atom. The molecular formula is C21H21F2N3O2S. The van der Waals surface area contributed by atoms with Gasteiger partial charge in [0.25, 0.3) is 0 Å². The highest BCUT2D eigenvalue weighted by Gasteiger charge is 2.19. The second-order valence-electron chi connectivity index (χ2n) is 6.88. The monoisotopic (exact) mass is 417 g/mol. The van der Waals surface area contributed by atoms with Gasteiger partial charge in [-0.3, -0.25) is 4.79 Å². The van der Waals surface area contributed by atoms with E-state index in [1.807, 2.05) is 28.8 Å². The van der Waals surface area contributed by atoms with Gasteiger partial charge in [-0.05, 0) is 48.4 Å². The fraction of sp³-hybridized carbons (Fsp3) is 0.286. The molecule has 5 nitrogen and oxygen atoms in total. The number of thioether (sulfide) groups is 1. The summed E-state index contributed by atoms with van der Waals surface area (Å²) in [7, 11) is 1.60. The molecule has 3 aromatic rings. The fourth-order valence-corrected chi connectivity index (χ4v) is 3.63. The van der Waals surface area contributed by atoms with Crippen molar-refractivity contribution in [2.75, 3.05) is 12.9 Å². The molecule has 152 valence electrons. The zero-order chi connectivity index (χ0) is 21.0. The molecule has 0 aliphatic carbocycles. The molecule has 0 aliphatic heterocycles. The van der Waals surface area contributed by atoms with Gasteiger partial charge in [0.1, 0.15) is 17.4 Å². The van der Waals surface area contributed by atoms with Crippen LogP contribution in [0.3, 0.4) is 0 Å². The summed E-state index contributed by atoms with van der Waals surface area (Å²) in [6.45, 7) is 4.79. The Labute approximate surface area is 172 Å². The number of halogens is 2. The van der Waals surface area contributed by atoms with Crippen molar-refractivity contribution in [3.63, 3.8) is 0 Å². The lowest BCUT2D eigenvalue weighted by molar-refractivity contribution is 0.101. The van der Waals surface area contributed by atoms with Gasteiger partial charge >= 0.3 is 0 Å². The number of ketones is 1. The van der Waals surface area contributed by atoms with Crippen LogP contribution in [0.5, 0.6) is 5.75 Å². The normalized spacial score (nSPS) is 11.1. The van der Waals surface area contributed by atoms with Gasteiger partial charge in [-0.2, -0.15) is 0 Å². The van der Waals surface area contributed by atoms with Crippen LogP contribution in [0.2, 0.25) is 0 Å². The highest BCUT2D eigenvalue weighted by molar-refractivity contribution is 7.99. The van der Waals surface area contributed by atoms with Crippen molar-refractivity contribution in [2.24, 2.45) is 5.92 Å². The molecule has 0 radical (unpaired) electrons. The minimum Gasteiger partial charge on any atom is -0.497 e. The number of hydrogen-bond donors (Lipinski definition) is 0. The number of carbonyl (C=O) groups is 1. The Morgan fingerprint density at radius 3 is 2.52 bits per heavy atom. The molecule has 0 saturated heterocycles. The van der Waals surface area contributed by atoms with Gasteiger partial charge in [0.15, 0.2) is 16.8 Å². The predicted molar refractivity (Wildman–Crippen MR) is 108 cm³/mol. The summed E-state index contributed by atoms with van der Waals surface area (Å²) in [6.07, 6.45) is 0. The highest BCUT2D eigenvalue weighted by atomic mass is 32.2. The van der Waals surface area contributed by atoms with E-state index in [0.717, 1.165) is 41.3 Å². The molecule has 0 spiro atoms. The molecule has 0 bridgehead atoms. The van der Waals surface area contributed by atoms with E-state index >= 15 is 0 Å². The topological polar surface area (TPSA) is 57.0 Å². The van der Waals surface area contributed by atoms with Crippen LogP contribution in [0.15, 0.2) is 47.6 Å². The Bertz CT molecular complexity index is 1000. The Morgan fingerprint density at radius 2 is 1.86 bits per heavy atom. The molecule has 0 fully saturated rings. The molecule has 1 aromatic heterocycles. The first-order valence-electron chi connectivity index (χ1n) is 9.07. The summed E-state index contributed by atoms with van der Waals surface area (Å²) < 4.78 is 34.3. The van der Waals surface area contributed by atoms with Crippen LogP contribution in [-0.2, 0) is 6.54 Å². The molecule has 2 aromatic carbocycles. The molecular weight excluding hydrogens is 396 g/mol. The number of rotatable bonds is 8. The summed E-state index contributed by atoms with van der Waals surface area (Å²) in [6, 6.07) is 10.3. The van der Waals surface area contributed by atoms with Crippen LogP contribution in [0.4, 0.5) is 8.78 Å². The smallest absolute Gasteiger partial charge is 0.191 e. The van der Waals surface area contributed by atoms with E-state index < -0.39 is 17.4 Å². The lowest BCUT2D eigenvalue weighted by Gasteiger charge is -2.12. The molecule has 1 heterocycles. The molecule has 0 saturated carbocycles. The maximum atomic E-state index is 13.8. The number of carbonyl (C=O) groups excluding carboxylic acids is 1. The predicted octanol–water partition coefficient (Wildman–Crippen LogP) is 4.86. The average Bonchev–Trinajstić information content (AvgIpc) is 3.09. The molecule has 0 unspecified atom stereocenters. The maximum Gasteiger partial charge on any atom is 0.191 e. The fourth-order valence-electron chi connectivity index (χ4n) is 2.80. The third kappa shape index (κ3) is 5.00. The number of aromatic nitrogens is 3. The van der Waals surface area contributed by atoms with Crippen LogP contribution >= 0.6 is 11.8 Å². The number of benzene rings is 2.